The number of nitrogens with one attached hydrogen (secondary N) is 1. The average Bonchev–Trinajstić information content (AvgIpc) is 2.89. The van der Waals surface area contributed by atoms with E-state index in [9.17, 15) is 4.79 Å². The van der Waals surface area contributed by atoms with Crippen LogP contribution < -0.4 is 19.9 Å². The summed E-state index contributed by atoms with van der Waals surface area (Å²) in [6.45, 7) is 2.06. The first-order valence-corrected chi connectivity index (χ1v) is 11.2. The maximum atomic E-state index is 14.0. The van der Waals surface area contributed by atoms with Crippen LogP contribution in [0.2, 0.25) is 0 Å². The van der Waals surface area contributed by atoms with Crippen LogP contribution in [-0.4, -0.2) is 23.1 Å². The van der Waals surface area contributed by atoms with Gasteiger partial charge in [0.15, 0.2) is 5.82 Å². The molecule has 1 aliphatic rings. The Labute approximate surface area is 198 Å². The summed E-state index contributed by atoms with van der Waals surface area (Å²) in [6, 6.07) is 26.5. The molecule has 7 heteroatoms. The molecule has 170 valence electrons. The second-order valence-electron chi connectivity index (χ2n) is 7.91. The van der Waals surface area contributed by atoms with E-state index in [1.54, 1.807) is 12.0 Å². The second kappa shape index (κ2) is 9.23. The zero-order valence-corrected chi connectivity index (χ0v) is 19.1. The molecule has 0 saturated carbocycles. The lowest BCUT2D eigenvalue weighted by molar-refractivity contribution is 0.249. The Kier molecular flexibility index (Phi) is 5.82. The number of urea groups is 1. The summed E-state index contributed by atoms with van der Waals surface area (Å²) in [7, 11) is 1.63. The number of nitrogens with zero attached hydrogens (tertiary/aromatic N) is 4. The van der Waals surface area contributed by atoms with Gasteiger partial charge in [-0.15, -0.1) is 0 Å². The minimum Gasteiger partial charge on any atom is -0.497 e. The monoisotopic (exact) mass is 451 g/mol. The van der Waals surface area contributed by atoms with Crippen molar-refractivity contribution in [1.82, 2.24) is 9.97 Å². The van der Waals surface area contributed by atoms with Crippen molar-refractivity contribution < 1.29 is 9.53 Å². The van der Waals surface area contributed by atoms with Crippen molar-refractivity contribution in [2.24, 2.45) is 0 Å². The van der Waals surface area contributed by atoms with Gasteiger partial charge in [0.05, 0.1) is 18.8 Å². The van der Waals surface area contributed by atoms with E-state index in [1.165, 1.54) is 0 Å². The Balaban J connectivity index is 1.63. The van der Waals surface area contributed by atoms with Gasteiger partial charge in [0.1, 0.15) is 5.75 Å². The van der Waals surface area contributed by atoms with Crippen molar-refractivity contribution in [2.45, 2.75) is 19.4 Å². The lowest BCUT2D eigenvalue weighted by Gasteiger charge is -2.41. The van der Waals surface area contributed by atoms with Gasteiger partial charge in [0, 0.05) is 23.1 Å². The zero-order valence-electron chi connectivity index (χ0n) is 19.1. The summed E-state index contributed by atoms with van der Waals surface area (Å²) in [5.41, 5.74) is 3.30. The molecule has 5 rings (SSSR count). The number of methoxy groups -OCH3 is 1. The van der Waals surface area contributed by atoms with Crippen molar-refractivity contribution >= 4 is 34.9 Å². The molecule has 1 aliphatic heterocycles. The molecule has 0 saturated heterocycles. The number of carbonyl (C=O) groups is 1. The van der Waals surface area contributed by atoms with Crippen LogP contribution in [0.3, 0.4) is 0 Å². The van der Waals surface area contributed by atoms with Crippen LogP contribution in [0.1, 0.15) is 24.9 Å². The number of hydrogen-bond donors (Lipinski definition) is 1. The van der Waals surface area contributed by atoms with Crippen LogP contribution in [0.15, 0.2) is 91.1 Å². The first-order chi connectivity index (χ1) is 16.7. The molecule has 4 aromatic rings. The highest BCUT2D eigenvalue weighted by molar-refractivity contribution is 6.11. The number of carbonyl (C=O) groups excluding carboxylic acids is 1. The third-order valence-electron chi connectivity index (χ3n) is 5.86. The van der Waals surface area contributed by atoms with E-state index < -0.39 is 0 Å². The molecule has 7 nitrogen and oxygen atoms in total. The highest BCUT2D eigenvalue weighted by Gasteiger charge is 2.40. The molecule has 0 fully saturated rings. The average molecular weight is 452 g/mol. The zero-order chi connectivity index (χ0) is 23.5. The SMILES string of the molecule is CCC1c2cnc(Nc3ccccc3)nc2N(c2ccccc2)C(=O)N1c1ccc(OC)cc1. The third kappa shape index (κ3) is 3.92. The quantitative estimate of drug-likeness (QED) is 0.364. The van der Waals surface area contributed by atoms with E-state index in [0.29, 0.717) is 18.2 Å². The van der Waals surface area contributed by atoms with Gasteiger partial charge in [-0.3, -0.25) is 4.90 Å². The lowest BCUT2D eigenvalue weighted by Crippen LogP contribution is -2.48. The van der Waals surface area contributed by atoms with E-state index in [-0.39, 0.29) is 12.1 Å². The number of aromatic nitrogens is 2. The van der Waals surface area contributed by atoms with E-state index in [1.807, 2.05) is 96.0 Å². The number of benzene rings is 3. The predicted molar refractivity (Wildman–Crippen MR) is 134 cm³/mol. The van der Waals surface area contributed by atoms with E-state index >= 15 is 0 Å². The Morgan fingerprint density at radius 3 is 2.24 bits per heavy atom. The molecule has 0 spiro atoms. The van der Waals surface area contributed by atoms with Gasteiger partial charge >= 0.3 is 6.03 Å². The van der Waals surface area contributed by atoms with E-state index in [0.717, 1.165) is 28.4 Å². The molecule has 1 unspecified atom stereocenters. The summed E-state index contributed by atoms with van der Waals surface area (Å²) < 4.78 is 5.30. The topological polar surface area (TPSA) is 70.6 Å². The van der Waals surface area contributed by atoms with Crippen LogP contribution in [0, 0.1) is 0 Å². The highest BCUT2D eigenvalue weighted by Crippen LogP contribution is 2.43. The molecule has 0 aliphatic carbocycles. The van der Waals surface area contributed by atoms with Gasteiger partial charge < -0.3 is 10.1 Å². The molecular formula is C27H25N5O2. The largest absolute Gasteiger partial charge is 0.497 e. The third-order valence-corrected chi connectivity index (χ3v) is 5.86. The number of ether oxygens (including phenoxy) is 1. The summed E-state index contributed by atoms with van der Waals surface area (Å²) in [4.78, 5) is 26.9. The Morgan fingerprint density at radius 2 is 1.59 bits per heavy atom. The smallest absolute Gasteiger partial charge is 0.335 e. The van der Waals surface area contributed by atoms with Crippen molar-refractivity contribution in [3.63, 3.8) is 0 Å². The summed E-state index contributed by atoms with van der Waals surface area (Å²) in [5.74, 6) is 1.76. The highest BCUT2D eigenvalue weighted by atomic mass is 16.5. The Hall–Kier alpha value is -4.39. The molecule has 2 amide bonds. The fraction of sp³-hybridized carbons (Fsp3) is 0.148. The van der Waals surface area contributed by atoms with Gasteiger partial charge in [0.2, 0.25) is 5.95 Å². The van der Waals surface area contributed by atoms with Crippen molar-refractivity contribution in [3.8, 4) is 5.75 Å². The predicted octanol–water partition coefficient (Wildman–Crippen LogP) is 6.46. The molecular weight excluding hydrogens is 426 g/mol. The van der Waals surface area contributed by atoms with Gasteiger partial charge in [-0.1, -0.05) is 43.3 Å². The van der Waals surface area contributed by atoms with Crippen molar-refractivity contribution in [3.05, 3.63) is 96.7 Å². The van der Waals surface area contributed by atoms with Crippen LogP contribution >= 0.6 is 0 Å². The molecule has 1 atom stereocenters. The van der Waals surface area contributed by atoms with Gasteiger partial charge in [-0.2, -0.15) is 4.98 Å². The molecule has 1 aromatic heterocycles. The summed E-state index contributed by atoms with van der Waals surface area (Å²) in [5, 5.41) is 3.24. The normalized spacial score (nSPS) is 15.1. The van der Waals surface area contributed by atoms with E-state index in [2.05, 4.69) is 17.2 Å². The number of amides is 2. The minimum atomic E-state index is -0.207. The van der Waals surface area contributed by atoms with E-state index in [4.69, 9.17) is 9.72 Å². The molecule has 0 bridgehead atoms. The van der Waals surface area contributed by atoms with Crippen molar-refractivity contribution in [1.29, 1.82) is 0 Å². The number of anilines is 5. The van der Waals surface area contributed by atoms with Gasteiger partial charge in [-0.05, 0) is 55.0 Å². The number of hydrogen-bond acceptors (Lipinski definition) is 5. The standard InChI is InChI=1S/C27H25N5O2/c1-3-24-23-18-28-26(29-19-10-6-4-7-11-19)30-25(23)32(20-12-8-5-9-13-20)27(33)31(24)21-14-16-22(34-2)17-15-21/h4-18,24H,3H2,1-2H3,(H,28,29,30). The fourth-order valence-electron chi connectivity index (χ4n) is 4.22. The first kappa shape index (κ1) is 21.5. The van der Waals surface area contributed by atoms with Crippen LogP contribution in [0.25, 0.3) is 0 Å². The Bertz CT molecular complexity index is 1280. The summed E-state index contributed by atoms with van der Waals surface area (Å²) >= 11 is 0. The molecule has 2 heterocycles. The Morgan fingerprint density at radius 1 is 0.912 bits per heavy atom. The lowest BCUT2D eigenvalue weighted by atomic mass is 10.0. The number of fused-ring (bicyclic) bond motifs is 1. The maximum Gasteiger partial charge on any atom is 0.335 e. The number of para-hydroxylation sites is 2. The fourth-order valence-corrected chi connectivity index (χ4v) is 4.22. The van der Waals surface area contributed by atoms with Crippen LogP contribution in [0.4, 0.5) is 33.6 Å². The molecule has 34 heavy (non-hydrogen) atoms. The first-order valence-electron chi connectivity index (χ1n) is 11.2. The van der Waals surface area contributed by atoms with Gasteiger partial charge in [0.25, 0.3) is 0 Å². The van der Waals surface area contributed by atoms with Gasteiger partial charge in [-0.25, -0.2) is 14.7 Å². The molecule has 1 N–H and O–H groups in total. The summed E-state index contributed by atoms with van der Waals surface area (Å²) in [6.07, 6.45) is 2.53. The van der Waals surface area contributed by atoms with Crippen LogP contribution in [0.5, 0.6) is 5.75 Å². The van der Waals surface area contributed by atoms with Crippen LogP contribution in [-0.2, 0) is 0 Å². The molecule has 3 aromatic carbocycles. The van der Waals surface area contributed by atoms with Crippen molar-refractivity contribution in [2.75, 3.05) is 22.2 Å². The molecule has 0 radical (unpaired) electrons. The second-order valence-corrected chi connectivity index (χ2v) is 7.91. The number of rotatable bonds is 6. The minimum absolute atomic E-state index is 0.167. The maximum absolute atomic E-state index is 14.0.